The van der Waals surface area contributed by atoms with Crippen molar-refractivity contribution in [1.82, 2.24) is 58.8 Å². The number of nitrogens with zero attached hydrogens (tertiary/aromatic N) is 12. The van der Waals surface area contributed by atoms with Crippen molar-refractivity contribution in [2.24, 2.45) is 0 Å². The molecule has 2 aliphatic heterocycles. The average Bonchev–Trinajstić information content (AvgIpc) is 1.04. The monoisotopic (exact) mass is 1270 g/mol. The SMILES string of the molecule is CC(C)(C)N1CC(=O)N(C(C)(C)C)CC(=O)N(C(C)(C)C)CC(=O)N(C(C)(C)C)CC(=O)N(C(C)(C)C)CC(=O)N(C(C)(C)C)CC1=O.CC(C)(C)N1CCN(C(C)(C)C)CCN(C(C)(C)C)CCN(C(C)(C)C)CCN(C(C)(C)C)CCN(C(C)(C)C)CC1. The average molecular weight is 1270 g/mol. The summed E-state index contributed by atoms with van der Waals surface area (Å²) < 4.78 is 0. The van der Waals surface area contributed by atoms with Crippen molar-refractivity contribution in [2.45, 2.75) is 316 Å². The Morgan fingerprint density at radius 2 is 0.233 bits per heavy atom. The summed E-state index contributed by atoms with van der Waals surface area (Å²) in [5.41, 5.74) is -4.00. The Labute approximate surface area is 554 Å². The van der Waals surface area contributed by atoms with Gasteiger partial charge in [-0.25, -0.2) is 0 Å². The van der Waals surface area contributed by atoms with E-state index in [9.17, 15) is 28.8 Å². The highest BCUT2D eigenvalue weighted by Crippen LogP contribution is 2.28. The lowest BCUT2D eigenvalue weighted by Gasteiger charge is -2.46. The Balaban J connectivity index is 0.000000908. The maximum Gasteiger partial charge on any atom is 0.243 e. The van der Waals surface area contributed by atoms with Gasteiger partial charge in [-0.15, -0.1) is 0 Å². The van der Waals surface area contributed by atoms with E-state index in [4.69, 9.17) is 0 Å². The van der Waals surface area contributed by atoms with Crippen molar-refractivity contribution in [1.29, 1.82) is 0 Å². The molecule has 0 aliphatic carbocycles. The molecule has 0 aromatic rings. The van der Waals surface area contributed by atoms with Crippen LogP contribution in [0.1, 0.15) is 249 Å². The number of hydrogen-bond acceptors (Lipinski definition) is 12. The Bertz CT molecular complexity index is 1880. The Morgan fingerprint density at radius 1 is 0.156 bits per heavy atom. The second kappa shape index (κ2) is 31.0. The van der Waals surface area contributed by atoms with E-state index in [1.165, 1.54) is 29.4 Å². The third-order valence-corrected chi connectivity index (χ3v) is 18.0. The molecule has 0 spiro atoms. The van der Waals surface area contributed by atoms with Crippen molar-refractivity contribution in [3.8, 4) is 0 Å². The van der Waals surface area contributed by atoms with E-state index in [-0.39, 0.29) is 72.5 Å². The van der Waals surface area contributed by atoms with Gasteiger partial charge in [-0.1, -0.05) is 0 Å². The maximum atomic E-state index is 14.1. The van der Waals surface area contributed by atoms with Crippen LogP contribution in [0.2, 0.25) is 0 Å². The predicted octanol–water partition coefficient (Wildman–Crippen LogP) is 10.4. The topological polar surface area (TPSA) is 141 Å². The number of carbonyl (C=O) groups excluding carboxylic acids is 6. The van der Waals surface area contributed by atoms with Crippen LogP contribution < -0.4 is 0 Å². The van der Waals surface area contributed by atoms with E-state index in [0.29, 0.717) is 0 Å². The highest BCUT2D eigenvalue weighted by molar-refractivity contribution is 5.95. The zero-order valence-corrected chi connectivity index (χ0v) is 65.5. The molecule has 0 unspecified atom stereocenters. The maximum absolute atomic E-state index is 14.1. The molecule has 0 radical (unpaired) electrons. The van der Waals surface area contributed by atoms with Crippen LogP contribution in [0.25, 0.3) is 0 Å². The molecule has 2 saturated heterocycles. The highest BCUT2D eigenvalue weighted by Gasteiger charge is 2.43. The van der Waals surface area contributed by atoms with Crippen molar-refractivity contribution < 1.29 is 28.8 Å². The van der Waals surface area contributed by atoms with E-state index < -0.39 is 68.7 Å². The van der Waals surface area contributed by atoms with E-state index >= 15 is 0 Å². The van der Waals surface area contributed by atoms with Crippen molar-refractivity contribution in [3.05, 3.63) is 0 Å². The smallest absolute Gasteiger partial charge is 0.243 e. The molecule has 2 heterocycles. The summed E-state index contributed by atoms with van der Waals surface area (Å²) in [6.45, 7) is 87.0. The Morgan fingerprint density at radius 3 is 0.289 bits per heavy atom. The van der Waals surface area contributed by atoms with Gasteiger partial charge in [0, 0.05) is 145 Å². The van der Waals surface area contributed by atoms with Crippen molar-refractivity contribution in [2.75, 3.05) is 118 Å². The van der Waals surface area contributed by atoms with Gasteiger partial charge in [0.1, 0.15) is 39.3 Å². The van der Waals surface area contributed by atoms with Gasteiger partial charge in [0.25, 0.3) is 0 Å². The summed E-state index contributed by atoms with van der Waals surface area (Å²) in [6, 6.07) is 0. The molecule has 528 valence electrons. The zero-order chi connectivity index (χ0) is 71.1. The third-order valence-electron chi connectivity index (χ3n) is 18.0. The van der Waals surface area contributed by atoms with Crippen molar-refractivity contribution in [3.63, 3.8) is 0 Å². The molecular formula is C72H144N12O6. The number of hydrogen-bond donors (Lipinski definition) is 0. The van der Waals surface area contributed by atoms with E-state index in [2.05, 4.69) is 154 Å². The van der Waals surface area contributed by atoms with Gasteiger partial charge in [0.15, 0.2) is 0 Å². The standard InChI is InChI=1S/C36H66N6O6.C36H78N6/c1-31(2,3)37-19-26(44)39(33(7,8)9)21-28(46)41(35(13,14)15)23-30(48)42(36(16,17)18)24-29(47)40(34(10,11)12)22-27(45)38(20-25(37)43)32(4,5)6;1-31(2,3)37-19-21-38(32(4,5)6)23-25-40(34(10,11)12)27-29-42(36(16,17)18)30-28-41(35(13,14)15)26-24-39(22-20-37)33(7,8)9/h19-24H2,1-18H3;19-30H2,1-18H3. The molecule has 18 nitrogen and oxygen atoms in total. The molecule has 2 aliphatic rings. The van der Waals surface area contributed by atoms with Gasteiger partial charge in [-0.05, 0) is 249 Å². The number of rotatable bonds is 0. The van der Waals surface area contributed by atoms with Crippen LogP contribution in [-0.2, 0) is 28.8 Å². The van der Waals surface area contributed by atoms with Crippen LogP contribution in [0.4, 0.5) is 0 Å². The first-order chi connectivity index (χ1) is 39.7. The summed E-state index contributed by atoms with van der Waals surface area (Å²) in [7, 11) is 0. The van der Waals surface area contributed by atoms with Gasteiger partial charge >= 0.3 is 0 Å². The summed E-state index contributed by atoms with van der Waals surface area (Å²) >= 11 is 0. The molecule has 2 fully saturated rings. The summed E-state index contributed by atoms with van der Waals surface area (Å²) in [5, 5.41) is 0. The zero-order valence-electron chi connectivity index (χ0n) is 65.5. The summed E-state index contributed by atoms with van der Waals surface area (Å²) in [6.07, 6.45) is 0. The van der Waals surface area contributed by atoms with E-state index in [1.54, 1.807) is 0 Å². The second-order valence-electron chi connectivity index (χ2n) is 37.9. The van der Waals surface area contributed by atoms with Crippen molar-refractivity contribution >= 4 is 35.4 Å². The van der Waals surface area contributed by atoms with Crippen LogP contribution in [-0.4, -0.2) is 279 Å². The molecular weight excluding hydrogens is 1130 g/mol. The largest absolute Gasteiger partial charge is 0.327 e. The van der Waals surface area contributed by atoms with Gasteiger partial charge in [0.05, 0.1) is 0 Å². The molecule has 0 atom stereocenters. The minimum Gasteiger partial charge on any atom is -0.327 e. The lowest BCUT2D eigenvalue weighted by atomic mass is 10.0. The fraction of sp³-hybridized carbons (Fsp3) is 0.917. The fourth-order valence-electron chi connectivity index (χ4n) is 11.7. The molecule has 0 saturated carbocycles. The van der Waals surface area contributed by atoms with Gasteiger partial charge in [-0.2, -0.15) is 0 Å². The summed E-state index contributed by atoms with van der Waals surface area (Å²) in [5.74, 6) is -2.61. The Kier molecular flexibility index (Phi) is 29.1. The highest BCUT2D eigenvalue weighted by atomic mass is 16.2. The molecule has 18 heteroatoms. The fourth-order valence-corrected chi connectivity index (χ4v) is 11.7. The number of amides is 6. The van der Waals surface area contributed by atoms with E-state index in [0.717, 1.165) is 78.5 Å². The first-order valence-electron chi connectivity index (χ1n) is 34.1. The van der Waals surface area contributed by atoms with E-state index in [1.807, 2.05) is 125 Å². The molecule has 90 heavy (non-hydrogen) atoms. The van der Waals surface area contributed by atoms with Gasteiger partial charge in [0.2, 0.25) is 35.4 Å². The first kappa shape index (κ1) is 84.6. The quantitative estimate of drug-likeness (QED) is 0.228. The molecule has 0 aromatic carbocycles. The molecule has 0 bridgehead atoms. The van der Waals surface area contributed by atoms with Crippen LogP contribution in [0.3, 0.4) is 0 Å². The summed E-state index contributed by atoms with van der Waals surface area (Å²) in [4.78, 5) is 110. The molecule has 6 amide bonds. The lowest BCUT2D eigenvalue weighted by molar-refractivity contribution is -0.158. The lowest BCUT2D eigenvalue weighted by Crippen LogP contribution is -2.63. The minimum atomic E-state index is -0.804. The molecule has 0 N–H and O–H groups in total. The van der Waals surface area contributed by atoms with Crippen LogP contribution in [0.15, 0.2) is 0 Å². The van der Waals surface area contributed by atoms with Gasteiger partial charge in [-0.3, -0.25) is 58.2 Å². The predicted molar refractivity (Wildman–Crippen MR) is 377 cm³/mol. The van der Waals surface area contributed by atoms with Crippen LogP contribution >= 0.6 is 0 Å². The van der Waals surface area contributed by atoms with Crippen LogP contribution in [0.5, 0.6) is 0 Å². The third kappa shape index (κ3) is 27.5. The minimum absolute atomic E-state index is 0.138. The van der Waals surface area contributed by atoms with Gasteiger partial charge < -0.3 is 29.4 Å². The number of carbonyl (C=O) groups is 6. The molecule has 0 aromatic heterocycles. The first-order valence-corrected chi connectivity index (χ1v) is 34.1. The van der Waals surface area contributed by atoms with Crippen LogP contribution in [0, 0.1) is 0 Å². The second-order valence-corrected chi connectivity index (χ2v) is 37.9. The Hall–Kier alpha value is -3.42. The molecule has 2 rings (SSSR count). The normalized spacial score (nSPS) is 20.9.